The molecule has 2 N–H and O–H groups in total. The summed E-state index contributed by atoms with van der Waals surface area (Å²) in [6, 6.07) is 11.1. The van der Waals surface area contributed by atoms with E-state index in [0.717, 1.165) is 21.1 Å². The summed E-state index contributed by atoms with van der Waals surface area (Å²) in [6.07, 6.45) is 0. The fraction of sp³-hybridized carbons (Fsp3) is 0.167. The number of hydrogen-bond acceptors (Lipinski definition) is 4. The van der Waals surface area contributed by atoms with Crippen LogP contribution in [-0.2, 0) is 4.79 Å². The predicted octanol–water partition coefficient (Wildman–Crippen LogP) is 4.94. The summed E-state index contributed by atoms with van der Waals surface area (Å²) in [5.74, 6) is -0.114. The molecule has 3 aromatic rings. The van der Waals surface area contributed by atoms with Crippen LogP contribution in [0.15, 0.2) is 51.1 Å². The zero-order chi connectivity index (χ0) is 18.0. The number of halogens is 1. The van der Waals surface area contributed by atoms with Crippen LogP contribution in [0.2, 0.25) is 0 Å². The van der Waals surface area contributed by atoms with Gasteiger partial charge >= 0.3 is 5.91 Å². The number of azo groups is 1. The molecule has 0 saturated heterocycles. The van der Waals surface area contributed by atoms with E-state index < -0.39 is 5.91 Å². The fourth-order valence-electron chi connectivity index (χ4n) is 2.43. The van der Waals surface area contributed by atoms with Gasteiger partial charge in [-0.3, -0.25) is 4.79 Å². The van der Waals surface area contributed by atoms with Crippen molar-refractivity contribution in [1.82, 2.24) is 4.98 Å². The molecule has 1 amide bonds. The second-order valence-electron chi connectivity index (χ2n) is 5.64. The van der Waals surface area contributed by atoms with E-state index in [-0.39, 0.29) is 18.2 Å². The van der Waals surface area contributed by atoms with E-state index in [1.165, 1.54) is 0 Å². The van der Waals surface area contributed by atoms with Crippen molar-refractivity contribution in [2.24, 2.45) is 10.2 Å². The lowest BCUT2D eigenvalue weighted by molar-refractivity contribution is -0.120. The molecule has 0 radical (unpaired) electrons. The number of nitrogens with zero attached hydrogens (tertiary/aromatic N) is 2. The van der Waals surface area contributed by atoms with E-state index in [1.807, 2.05) is 38.1 Å². The third kappa shape index (κ3) is 3.71. The number of aromatic hydroxyl groups is 1. The summed E-state index contributed by atoms with van der Waals surface area (Å²) in [6.45, 7) is 3.63. The van der Waals surface area contributed by atoms with Crippen molar-refractivity contribution < 1.29 is 14.6 Å². The maximum atomic E-state index is 11.9. The summed E-state index contributed by atoms with van der Waals surface area (Å²) in [7, 11) is 0. The smallest absolute Gasteiger partial charge is 0.302 e. The Kier molecular flexibility index (Phi) is 4.85. The number of carbonyl (C=O) groups is 1. The van der Waals surface area contributed by atoms with E-state index in [2.05, 4.69) is 31.1 Å². The summed E-state index contributed by atoms with van der Waals surface area (Å²) in [5, 5.41) is 18.2. The number of H-pyrrole nitrogens is 1. The summed E-state index contributed by atoms with van der Waals surface area (Å²) >= 11 is 3.38. The Balaban J connectivity index is 1.73. The number of carbonyl (C=O) groups excluding carboxylic acids is 1. The molecule has 0 saturated carbocycles. The van der Waals surface area contributed by atoms with Gasteiger partial charge < -0.3 is 14.8 Å². The van der Waals surface area contributed by atoms with Crippen LogP contribution in [0.1, 0.15) is 11.1 Å². The molecule has 1 heterocycles. The molecule has 2 aromatic carbocycles. The van der Waals surface area contributed by atoms with E-state index >= 15 is 0 Å². The molecule has 0 aliphatic rings. The van der Waals surface area contributed by atoms with Gasteiger partial charge in [-0.15, -0.1) is 10.2 Å². The van der Waals surface area contributed by atoms with Crippen LogP contribution in [0.5, 0.6) is 11.6 Å². The number of amides is 1. The molecule has 0 unspecified atom stereocenters. The minimum absolute atomic E-state index is 0.122. The van der Waals surface area contributed by atoms with Crippen LogP contribution in [0.25, 0.3) is 10.9 Å². The predicted molar refractivity (Wildman–Crippen MR) is 98.6 cm³/mol. The van der Waals surface area contributed by atoms with Crippen molar-refractivity contribution in [3.05, 3.63) is 52.0 Å². The zero-order valence-corrected chi connectivity index (χ0v) is 15.3. The first-order valence-corrected chi connectivity index (χ1v) is 8.39. The SMILES string of the molecule is Cc1ccc(OCC(=O)N=Nc2c(O)[nH]c3c(C)cccc23)c(Br)c1. The number of nitrogens with one attached hydrogen (secondary N) is 1. The number of aromatic amines is 1. The van der Waals surface area contributed by atoms with Gasteiger partial charge in [0.15, 0.2) is 12.3 Å². The summed E-state index contributed by atoms with van der Waals surface area (Å²) in [4.78, 5) is 14.8. The third-order valence-corrected chi connectivity index (χ3v) is 4.32. The quantitative estimate of drug-likeness (QED) is 0.606. The lowest BCUT2D eigenvalue weighted by Gasteiger charge is -2.06. The standard InChI is InChI=1S/C18H16BrN3O3/c1-10-6-7-14(13(19)8-10)25-9-15(23)21-22-17-12-5-3-4-11(2)16(12)20-18(17)24/h3-8,20,24H,9H2,1-2H3. The minimum Gasteiger partial charge on any atom is -0.493 e. The lowest BCUT2D eigenvalue weighted by Crippen LogP contribution is -2.08. The van der Waals surface area contributed by atoms with E-state index in [9.17, 15) is 9.90 Å². The molecule has 0 spiro atoms. The van der Waals surface area contributed by atoms with Crippen LogP contribution in [0.4, 0.5) is 5.69 Å². The molecule has 6 nitrogen and oxygen atoms in total. The molecule has 1 aromatic heterocycles. The molecule has 3 rings (SSSR count). The van der Waals surface area contributed by atoms with E-state index in [4.69, 9.17) is 4.74 Å². The second kappa shape index (κ2) is 7.06. The van der Waals surface area contributed by atoms with Gasteiger partial charge in [-0.05, 0) is 53.0 Å². The fourth-order valence-corrected chi connectivity index (χ4v) is 3.04. The van der Waals surface area contributed by atoms with Crippen molar-refractivity contribution in [2.45, 2.75) is 13.8 Å². The van der Waals surface area contributed by atoms with Gasteiger partial charge in [-0.25, -0.2) is 0 Å². The van der Waals surface area contributed by atoms with Crippen LogP contribution in [0, 0.1) is 13.8 Å². The Hall–Kier alpha value is -2.67. The van der Waals surface area contributed by atoms with E-state index in [0.29, 0.717) is 11.1 Å². The van der Waals surface area contributed by atoms with Gasteiger partial charge in [0.2, 0.25) is 5.88 Å². The number of para-hydroxylation sites is 1. The highest BCUT2D eigenvalue weighted by atomic mass is 79.9. The van der Waals surface area contributed by atoms with Gasteiger partial charge in [-0.1, -0.05) is 24.3 Å². The number of benzene rings is 2. The van der Waals surface area contributed by atoms with Crippen LogP contribution in [0.3, 0.4) is 0 Å². The molecular weight excluding hydrogens is 386 g/mol. The Labute approximate surface area is 152 Å². The second-order valence-corrected chi connectivity index (χ2v) is 6.49. The van der Waals surface area contributed by atoms with Crippen molar-refractivity contribution in [1.29, 1.82) is 0 Å². The lowest BCUT2D eigenvalue weighted by atomic mass is 10.1. The number of aromatic nitrogens is 1. The molecule has 0 bridgehead atoms. The first-order chi connectivity index (χ1) is 12.0. The molecule has 0 aliphatic carbocycles. The van der Waals surface area contributed by atoms with Gasteiger partial charge in [0.05, 0.1) is 9.99 Å². The maximum Gasteiger partial charge on any atom is 0.302 e. The molecule has 25 heavy (non-hydrogen) atoms. The molecule has 7 heteroatoms. The van der Waals surface area contributed by atoms with Crippen molar-refractivity contribution in [3.63, 3.8) is 0 Å². The Morgan fingerprint density at radius 1 is 1.28 bits per heavy atom. The van der Waals surface area contributed by atoms with Gasteiger partial charge in [0.25, 0.3) is 0 Å². The number of aryl methyl sites for hydroxylation is 2. The molecule has 128 valence electrons. The molecular formula is C18H16BrN3O3. The maximum absolute atomic E-state index is 11.9. The summed E-state index contributed by atoms with van der Waals surface area (Å²) in [5.41, 5.74) is 3.05. The topological polar surface area (TPSA) is 87.0 Å². The van der Waals surface area contributed by atoms with Gasteiger partial charge in [-0.2, -0.15) is 0 Å². The van der Waals surface area contributed by atoms with Crippen molar-refractivity contribution in [2.75, 3.05) is 6.61 Å². The van der Waals surface area contributed by atoms with E-state index in [1.54, 1.807) is 12.1 Å². The average molecular weight is 402 g/mol. The molecule has 0 fully saturated rings. The first-order valence-electron chi connectivity index (χ1n) is 7.59. The normalized spacial score (nSPS) is 11.3. The molecule has 0 aliphatic heterocycles. The number of hydrogen-bond donors (Lipinski definition) is 2. The molecule has 0 atom stereocenters. The Morgan fingerprint density at radius 3 is 2.84 bits per heavy atom. The third-order valence-electron chi connectivity index (χ3n) is 3.70. The Bertz CT molecular complexity index is 979. The average Bonchev–Trinajstić information content (AvgIpc) is 2.89. The Morgan fingerprint density at radius 2 is 2.08 bits per heavy atom. The van der Waals surface area contributed by atoms with Crippen LogP contribution >= 0.6 is 15.9 Å². The number of rotatable bonds is 4. The number of ether oxygens (including phenoxy) is 1. The van der Waals surface area contributed by atoms with Crippen LogP contribution in [-0.4, -0.2) is 22.6 Å². The summed E-state index contributed by atoms with van der Waals surface area (Å²) < 4.78 is 6.21. The zero-order valence-electron chi connectivity index (χ0n) is 13.7. The van der Waals surface area contributed by atoms with Crippen molar-refractivity contribution >= 4 is 38.4 Å². The van der Waals surface area contributed by atoms with Crippen molar-refractivity contribution in [3.8, 4) is 11.6 Å². The first kappa shape index (κ1) is 17.2. The highest BCUT2D eigenvalue weighted by molar-refractivity contribution is 9.10. The van der Waals surface area contributed by atoms with Gasteiger partial charge in [0.1, 0.15) is 5.75 Å². The number of fused-ring (bicyclic) bond motifs is 1. The highest BCUT2D eigenvalue weighted by Gasteiger charge is 2.12. The minimum atomic E-state index is -0.547. The highest BCUT2D eigenvalue weighted by Crippen LogP contribution is 2.36. The monoisotopic (exact) mass is 401 g/mol. The van der Waals surface area contributed by atoms with Crippen LogP contribution < -0.4 is 4.74 Å². The van der Waals surface area contributed by atoms with Gasteiger partial charge in [0, 0.05) is 5.39 Å². The largest absolute Gasteiger partial charge is 0.493 e.